The molecule has 0 unspecified atom stereocenters. The fourth-order valence-corrected chi connectivity index (χ4v) is 2.42. The number of aliphatic hydroxyl groups is 1. The van der Waals surface area contributed by atoms with Crippen molar-refractivity contribution in [2.75, 3.05) is 5.32 Å². The van der Waals surface area contributed by atoms with Crippen LogP contribution < -0.4 is 5.32 Å². The van der Waals surface area contributed by atoms with Crippen molar-refractivity contribution in [2.24, 2.45) is 0 Å². The summed E-state index contributed by atoms with van der Waals surface area (Å²) in [5, 5.41) is 12.3. The van der Waals surface area contributed by atoms with Gasteiger partial charge in [0, 0.05) is 12.6 Å². The van der Waals surface area contributed by atoms with E-state index in [0.717, 1.165) is 33.5 Å². The van der Waals surface area contributed by atoms with Crippen LogP contribution in [0.15, 0.2) is 36.4 Å². The number of hydrogen-bond acceptors (Lipinski definition) is 2. The second-order valence-corrected chi connectivity index (χ2v) is 4.95. The summed E-state index contributed by atoms with van der Waals surface area (Å²) in [6.45, 7) is 5.54. The van der Waals surface area contributed by atoms with Crippen LogP contribution in [0, 0.1) is 13.8 Å². The maximum Gasteiger partial charge on any atom is 0.221 e. The second kappa shape index (κ2) is 5.88. The Morgan fingerprint density at radius 3 is 2.60 bits per heavy atom. The summed E-state index contributed by atoms with van der Waals surface area (Å²) in [5.41, 5.74) is 6.02. The first-order valence-electron chi connectivity index (χ1n) is 6.61. The van der Waals surface area contributed by atoms with E-state index in [-0.39, 0.29) is 12.5 Å². The van der Waals surface area contributed by atoms with Crippen molar-refractivity contribution in [3.05, 3.63) is 53.1 Å². The molecule has 0 bridgehead atoms. The molecule has 0 saturated heterocycles. The van der Waals surface area contributed by atoms with E-state index in [4.69, 9.17) is 0 Å². The lowest BCUT2D eigenvalue weighted by Crippen LogP contribution is -2.05. The van der Waals surface area contributed by atoms with E-state index in [1.807, 2.05) is 44.2 Å². The number of carbonyl (C=O) groups is 1. The topological polar surface area (TPSA) is 49.3 Å². The lowest BCUT2D eigenvalue weighted by molar-refractivity contribution is -0.114. The van der Waals surface area contributed by atoms with Crippen molar-refractivity contribution < 1.29 is 9.90 Å². The highest BCUT2D eigenvalue weighted by molar-refractivity contribution is 5.89. The number of nitrogens with one attached hydrogen (secondary N) is 1. The van der Waals surface area contributed by atoms with Gasteiger partial charge in [-0.25, -0.2) is 0 Å². The van der Waals surface area contributed by atoms with Gasteiger partial charge in [0.15, 0.2) is 0 Å². The minimum absolute atomic E-state index is 0.0386. The molecule has 0 aliphatic heterocycles. The number of amides is 1. The normalized spacial score (nSPS) is 10.4. The first kappa shape index (κ1) is 14.3. The Morgan fingerprint density at radius 2 is 1.95 bits per heavy atom. The summed E-state index contributed by atoms with van der Waals surface area (Å²) in [7, 11) is 0. The van der Waals surface area contributed by atoms with Gasteiger partial charge in [-0.3, -0.25) is 4.79 Å². The van der Waals surface area contributed by atoms with Crippen molar-refractivity contribution >= 4 is 11.6 Å². The summed E-state index contributed by atoms with van der Waals surface area (Å²) in [5.74, 6) is -0.0844. The number of aliphatic hydroxyl groups excluding tert-OH is 1. The predicted molar refractivity (Wildman–Crippen MR) is 81.6 cm³/mol. The molecule has 0 radical (unpaired) electrons. The molecule has 0 spiro atoms. The highest BCUT2D eigenvalue weighted by Crippen LogP contribution is 2.29. The molecule has 0 fully saturated rings. The minimum Gasteiger partial charge on any atom is -0.392 e. The first-order valence-corrected chi connectivity index (χ1v) is 6.61. The molecule has 2 N–H and O–H groups in total. The Hall–Kier alpha value is -2.13. The van der Waals surface area contributed by atoms with E-state index in [9.17, 15) is 9.90 Å². The number of anilines is 1. The molecule has 0 aliphatic carbocycles. The Balaban J connectivity index is 2.49. The van der Waals surface area contributed by atoms with Crippen LogP contribution >= 0.6 is 0 Å². The fraction of sp³-hybridized carbons (Fsp3) is 0.235. The van der Waals surface area contributed by atoms with E-state index >= 15 is 0 Å². The van der Waals surface area contributed by atoms with Crippen molar-refractivity contribution in [2.45, 2.75) is 27.4 Å². The largest absolute Gasteiger partial charge is 0.392 e. The standard InChI is InChI=1S/C17H19NO2/c1-11-7-8-16(12(2)17(11)10-19)14-5-4-6-15(9-14)18-13(3)20/h4-9,19H,10H2,1-3H3,(H,18,20). The molecule has 104 valence electrons. The van der Waals surface area contributed by atoms with E-state index in [1.165, 1.54) is 6.92 Å². The zero-order valence-corrected chi connectivity index (χ0v) is 12.0. The van der Waals surface area contributed by atoms with Gasteiger partial charge in [0.05, 0.1) is 6.61 Å². The minimum atomic E-state index is -0.0844. The average Bonchev–Trinajstić information content (AvgIpc) is 2.39. The zero-order valence-electron chi connectivity index (χ0n) is 12.0. The van der Waals surface area contributed by atoms with Gasteiger partial charge >= 0.3 is 0 Å². The molecule has 0 heterocycles. The van der Waals surface area contributed by atoms with Gasteiger partial charge in [-0.2, -0.15) is 0 Å². The van der Waals surface area contributed by atoms with Gasteiger partial charge in [0.25, 0.3) is 0 Å². The monoisotopic (exact) mass is 269 g/mol. The van der Waals surface area contributed by atoms with E-state index in [0.29, 0.717) is 0 Å². The molecule has 0 aliphatic rings. The van der Waals surface area contributed by atoms with Crippen molar-refractivity contribution in [1.82, 2.24) is 0 Å². The number of hydrogen-bond donors (Lipinski definition) is 2. The van der Waals surface area contributed by atoms with Crippen LogP contribution in [-0.2, 0) is 11.4 Å². The van der Waals surface area contributed by atoms with Crippen LogP contribution in [0.3, 0.4) is 0 Å². The third-order valence-electron chi connectivity index (χ3n) is 3.48. The Labute approximate surface area is 119 Å². The maximum absolute atomic E-state index is 11.1. The van der Waals surface area contributed by atoms with Crippen LogP contribution in [0.2, 0.25) is 0 Å². The lowest BCUT2D eigenvalue weighted by Gasteiger charge is -2.14. The summed E-state index contributed by atoms with van der Waals surface area (Å²) < 4.78 is 0. The first-order chi connectivity index (χ1) is 9.52. The molecule has 0 atom stereocenters. The Bertz CT molecular complexity index is 647. The molecule has 3 nitrogen and oxygen atoms in total. The van der Waals surface area contributed by atoms with Gasteiger partial charge in [-0.1, -0.05) is 24.3 Å². The Morgan fingerprint density at radius 1 is 1.20 bits per heavy atom. The highest BCUT2D eigenvalue weighted by Gasteiger charge is 2.09. The van der Waals surface area contributed by atoms with E-state index in [1.54, 1.807) is 0 Å². The van der Waals surface area contributed by atoms with E-state index in [2.05, 4.69) is 11.4 Å². The van der Waals surface area contributed by atoms with Crippen LogP contribution in [0.25, 0.3) is 11.1 Å². The number of benzene rings is 2. The maximum atomic E-state index is 11.1. The van der Waals surface area contributed by atoms with E-state index < -0.39 is 0 Å². The highest BCUT2D eigenvalue weighted by atomic mass is 16.3. The second-order valence-electron chi connectivity index (χ2n) is 4.95. The third kappa shape index (κ3) is 2.89. The SMILES string of the molecule is CC(=O)Nc1cccc(-c2ccc(C)c(CO)c2C)c1. The fourth-order valence-electron chi connectivity index (χ4n) is 2.42. The number of rotatable bonds is 3. The molecule has 0 aromatic heterocycles. The van der Waals surface area contributed by atoms with Crippen LogP contribution in [0.4, 0.5) is 5.69 Å². The summed E-state index contributed by atoms with van der Waals surface area (Å²) in [4.78, 5) is 11.1. The molecule has 2 rings (SSSR count). The van der Waals surface area contributed by atoms with Gasteiger partial charge in [0.1, 0.15) is 0 Å². The van der Waals surface area contributed by atoms with Crippen molar-refractivity contribution in [3.8, 4) is 11.1 Å². The van der Waals surface area contributed by atoms with Crippen LogP contribution in [0.5, 0.6) is 0 Å². The van der Waals surface area contributed by atoms with Crippen LogP contribution in [-0.4, -0.2) is 11.0 Å². The average molecular weight is 269 g/mol. The van der Waals surface area contributed by atoms with Gasteiger partial charge in [-0.05, 0) is 53.8 Å². The summed E-state index contributed by atoms with van der Waals surface area (Å²) >= 11 is 0. The molecular weight excluding hydrogens is 250 g/mol. The third-order valence-corrected chi connectivity index (χ3v) is 3.48. The lowest BCUT2D eigenvalue weighted by atomic mass is 9.93. The molecule has 0 saturated carbocycles. The molecule has 20 heavy (non-hydrogen) atoms. The number of carbonyl (C=O) groups excluding carboxylic acids is 1. The van der Waals surface area contributed by atoms with Gasteiger partial charge in [0.2, 0.25) is 5.91 Å². The van der Waals surface area contributed by atoms with Crippen molar-refractivity contribution in [3.63, 3.8) is 0 Å². The quantitative estimate of drug-likeness (QED) is 0.897. The van der Waals surface area contributed by atoms with Gasteiger partial charge < -0.3 is 10.4 Å². The smallest absolute Gasteiger partial charge is 0.221 e. The molecule has 1 amide bonds. The zero-order chi connectivity index (χ0) is 14.7. The molecule has 2 aromatic carbocycles. The van der Waals surface area contributed by atoms with Crippen molar-refractivity contribution in [1.29, 1.82) is 0 Å². The predicted octanol–water partition coefficient (Wildman–Crippen LogP) is 3.42. The summed E-state index contributed by atoms with van der Waals surface area (Å²) in [6.07, 6.45) is 0. The molecule has 3 heteroatoms. The Kier molecular flexibility index (Phi) is 4.20. The van der Waals surface area contributed by atoms with Crippen LogP contribution in [0.1, 0.15) is 23.6 Å². The summed E-state index contributed by atoms with van der Waals surface area (Å²) in [6, 6.07) is 11.8. The van der Waals surface area contributed by atoms with Gasteiger partial charge in [-0.15, -0.1) is 0 Å². The molecular formula is C17H19NO2. The number of aryl methyl sites for hydroxylation is 1. The molecule has 2 aromatic rings.